The summed E-state index contributed by atoms with van der Waals surface area (Å²) in [4.78, 5) is 53.5. The van der Waals surface area contributed by atoms with Gasteiger partial charge in [-0.25, -0.2) is 4.79 Å². The number of para-hydroxylation sites is 1. The molecule has 7 nitrogen and oxygen atoms in total. The summed E-state index contributed by atoms with van der Waals surface area (Å²) in [5, 5.41) is 3.44. The molecule has 1 aliphatic carbocycles. The fraction of sp³-hybridized carbons (Fsp3) is 0.0400. The number of anilines is 1. The molecule has 0 radical (unpaired) electrons. The summed E-state index contributed by atoms with van der Waals surface area (Å²) in [5.41, 5.74) is 2.18. The normalized spacial score (nSPS) is 12.2. The number of aromatic amines is 1. The second-order valence-electron chi connectivity index (χ2n) is 7.33. The molecule has 32 heavy (non-hydrogen) atoms. The quantitative estimate of drug-likeness (QED) is 0.428. The number of carbonyl (C=O) groups excluding carboxylic acids is 4. The molecular formula is C25H16N2O5. The monoisotopic (exact) mass is 424 g/mol. The van der Waals surface area contributed by atoms with Crippen LogP contribution in [0.15, 0.2) is 72.8 Å². The van der Waals surface area contributed by atoms with Gasteiger partial charge < -0.3 is 15.0 Å². The SMILES string of the molecule is O=C(COC(=O)c1cc2ccccc2[nH]1)Nc1cccc2c1C(=O)c1ccccc1C2=O. The molecule has 1 heterocycles. The Balaban J connectivity index is 1.33. The summed E-state index contributed by atoms with van der Waals surface area (Å²) in [7, 11) is 0. The molecule has 0 spiro atoms. The van der Waals surface area contributed by atoms with Crippen LogP contribution < -0.4 is 5.32 Å². The maximum Gasteiger partial charge on any atom is 0.355 e. The van der Waals surface area contributed by atoms with Gasteiger partial charge >= 0.3 is 5.97 Å². The van der Waals surface area contributed by atoms with E-state index in [1.807, 2.05) is 24.3 Å². The Morgan fingerprint density at radius 1 is 0.812 bits per heavy atom. The molecule has 0 aliphatic heterocycles. The molecule has 1 amide bonds. The Bertz CT molecular complexity index is 1400. The number of H-pyrrole nitrogens is 1. The summed E-state index contributed by atoms with van der Waals surface area (Å²) in [6, 6.07) is 20.3. The van der Waals surface area contributed by atoms with Crippen molar-refractivity contribution in [2.45, 2.75) is 0 Å². The highest BCUT2D eigenvalue weighted by atomic mass is 16.5. The van der Waals surface area contributed by atoms with Crippen molar-refractivity contribution in [2.24, 2.45) is 0 Å². The molecule has 5 rings (SSSR count). The molecule has 0 unspecified atom stereocenters. The van der Waals surface area contributed by atoms with Gasteiger partial charge in [-0.1, -0.05) is 54.6 Å². The largest absolute Gasteiger partial charge is 0.451 e. The first-order valence-electron chi connectivity index (χ1n) is 9.89. The summed E-state index contributed by atoms with van der Waals surface area (Å²) < 4.78 is 5.11. The molecule has 4 aromatic rings. The molecule has 2 N–H and O–H groups in total. The van der Waals surface area contributed by atoms with Gasteiger partial charge in [-0.05, 0) is 18.2 Å². The number of aromatic nitrogens is 1. The van der Waals surface area contributed by atoms with E-state index in [-0.39, 0.29) is 39.6 Å². The first-order valence-corrected chi connectivity index (χ1v) is 9.89. The van der Waals surface area contributed by atoms with Crippen LogP contribution in [0.25, 0.3) is 10.9 Å². The lowest BCUT2D eigenvalue weighted by Crippen LogP contribution is -2.26. The van der Waals surface area contributed by atoms with Crippen molar-refractivity contribution in [3.8, 4) is 0 Å². The highest BCUT2D eigenvalue weighted by molar-refractivity contribution is 6.30. The average molecular weight is 424 g/mol. The number of ketones is 2. The molecule has 0 fully saturated rings. The van der Waals surface area contributed by atoms with E-state index in [4.69, 9.17) is 4.74 Å². The van der Waals surface area contributed by atoms with Crippen LogP contribution in [0.1, 0.15) is 42.3 Å². The number of benzene rings is 3. The molecule has 1 aliphatic rings. The molecule has 156 valence electrons. The number of amides is 1. The predicted molar refractivity (Wildman–Crippen MR) is 117 cm³/mol. The predicted octanol–water partition coefficient (Wildman–Crippen LogP) is 3.74. The van der Waals surface area contributed by atoms with Crippen molar-refractivity contribution in [1.82, 2.24) is 4.98 Å². The van der Waals surface area contributed by atoms with E-state index in [1.54, 1.807) is 42.5 Å². The lowest BCUT2D eigenvalue weighted by molar-refractivity contribution is -0.119. The van der Waals surface area contributed by atoms with Crippen molar-refractivity contribution in [1.29, 1.82) is 0 Å². The molecule has 1 aromatic heterocycles. The summed E-state index contributed by atoms with van der Waals surface area (Å²) in [6.45, 7) is -0.545. The molecule has 0 saturated carbocycles. The van der Waals surface area contributed by atoms with Crippen LogP contribution >= 0.6 is 0 Å². The van der Waals surface area contributed by atoms with E-state index in [2.05, 4.69) is 10.3 Å². The third-order valence-electron chi connectivity index (χ3n) is 5.31. The first-order chi connectivity index (χ1) is 15.5. The highest BCUT2D eigenvalue weighted by Gasteiger charge is 2.31. The van der Waals surface area contributed by atoms with E-state index in [0.29, 0.717) is 5.56 Å². The van der Waals surface area contributed by atoms with Gasteiger partial charge in [-0.3, -0.25) is 14.4 Å². The zero-order valence-corrected chi connectivity index (χ0v) is 16.7. The summed E-state index contributed by atoms with van der Waals surface area (Å²) in [5.74, 6) is -1.92. The van der Waals surface area contributed by atoms with Crippen LogP contribution in [0.2, 0.25) is 0 Å². The van der Waals surface area contributed by atoms with Crippen LogP contribution in [0.5, 0.6) is 0 Å². The standard InChI is InChI=1S/C25H16N2O5/c28-21(13-32-25(31)20-12-14-6-1-4-10-18(14)26-20)27-19-11-5-9-17-22(19)24(30)16-8-3-2-7-15(16)23(17)29/h1-12,26H,13H2,(H,27,28). The summed E-state index contributed by atoms with van der Waals surface area (Å²) in [6.07, 6.45) is 0. The van der Waals surface area contributed by atoms with Gasteiger partial charge in [0.25, 0.3) is 5.91 Å². The van der Waals surface area contributed by atoms with Crippen molar-refractivity contribution >= 4 is 40.0 Å². The molecule has 7 heteroatoms. The Hall–Kier alpha value is -4.52. The minimum absolute atomic E-state index is 0.131. The lowest BCUT2D eigenvalue weighted by atomic mass is 9.83. The minimum Gasteiger partial charge on any atom is -0.451 e. The van der Waals surface area contributed by atoms with Crippen LogP contribution in [0.4, 0.5) is 5.69 Å². The summed E-state index contributed by atoms with van der Waals surface area (Å²) >= 11 is 0. The second-order valence-corrected chi connectivity index (χ2v) is 7.33. The fourth-order valence-electron chi connectivity index (χ4n) is 3.83. The topological polar surface area (TPSA) is 105 Å². The molecule has 3 aromatic carbocycles. The van der Waals surface area contributed by atoms with Crippen molar-refractivity contribution in [3.63, 3.8) is 0 Å². The van der Waals surface area contributed by atoms with Crippen LogP contribution in [-0.2, 0) is 9.53 Å². The third kappa shape index (κ3) is 3.26. The zero-order valence-electron chi connectivity index (χ0n) is 16.7. The Kier molecular flexibility index (Phi) is 4.63. The minimum atomic E-state index is -0.674. The number of hydrogen-bond donors (Lipinski definition) is 2. The number of carbonyl (C=O) groups is 4. The van der Waals surface area contributed by atoms with Crippen LogP contribution in [-0.4, -0.2) is 35.0 Å². The number of rotatable bonds is 4. The third-order valence-corrected chi connectivity index (χ3v) is 5.31. The number of esters is 1. The van der Waals surface area contributed by atoms with E-state index >= 15 is 0 Å². The van der Waals surface area contributed by atoms with Gasteiger partial charge in [-0.2, -0.15) is 0 Å². The molecule has 0 saturated heterocycles. The van der Waals surface area contributed by atoms with Gasteiger partial charge in [0.05, 0.1) is 11.3 Å². The van der Waals surface area contributed by atoms with E-state index < -0.39 is 18.5 Å². The van der Waals surface area contributed by atoms with Crippen molar-refractivity contribution < 1.29 is 23.9 Å². The maximum atomic E-state index is 13.0. The Morgan fingerprint density at radius 3 is 2.28 bits per heavy atom. The number of hydrogen-bond acceptors (Lipinski definition) is 5. The van der Waals surface area contributed by atoms with Crippen molar-refractivity contribution in [3.05, 3.63) is 101 Å². The van der Waals surface area contributed by atoms with E-state index in [9.17, 15) is 19.2 Å². The second kappa shape index (κ2) is 7.63. The fourth-order valence-corrected chi connectivity index (χ4v) is 3.83. The van der Waals surface area contributed by atoms with E-state index in [1.165, 1.54) is 6.07 Å². The average Bonchev–Trinajstić information content (AvgIpc) is 3.25. The molecule has 0 atom stereocenters. The lowest BCUT2D eigenvalue weighted by Gasteiger charge is -2.20. The Morgan fingerprint density at radius 2 is 1.50 bits per heavy atom. The number of fused-ring (bicyclic) bond motifs is 3. The molecular weight excluding hydrogens is 408 g/mol. The highest BCUT2D eigenvalue weighted by Crippen LogP contribution is 2.31. The smallest absolute Gasteiger partial charge is 0.355 e. The zero-order chi connectivity index (χ0) is 22.2. The van der Waals surface area contributed by atoms with Gasteiger partial charge in [0, 0.05) is 27.6 Å². The number of ether oxygens (including phenoxy) is 1. The number of nitrogens with one attached hydrogen (secondary N) is 2. The van der Waals surface area contributed by atoms with Gasteiger partial charge in [0.15, 0.2) is 18.2 Å². The van der Waals surface area contributed by atoms with Gasteiger partial charge in [0.2, 0.25) is 0 Å². The van der Waals surface area contributed by atoms with Crippen LogP contribution in [0, 0.1) is 0 Å². The Labute approximate surface area is 182 Å². The van der Waals surface area contributed by atoms with E-state index in [0.717, 1.165) is 10.9 Å². The van der Waals surface area contributed by atoms with Gasteiger partial charge in [-0.15, -0.1) is 0 Å². The van der Waals surface area contributed by atoms with Crippen LogP contribution in [0.3, 0.4) is 0 Å². The van der Waals surface area contributed by atoms with Gasteiger partial charge in [0.1, 0.15) is 5.69 Å². The van der Waals surface area contributed by atoms with Crippen molar-refractivity contribution in [2.75, 3.05) is 11.9 Å². The maximum absolute atomic E-state index is 13.0. The molecule has 0 bridgehead atoms. The first kappa shape index (κ1) is 19.4.